The third-order valence-corrected chi connectivity index (χ3v) is 3.32. The van der Waals surface area contributed by atoms with E-state index in [1.54, 1.807) is 13.1 Å². The van der Waals surface area contributed by atoms with E-state index in [4.69, 9.17) is 9.52 Å². The quantitative estimate of drug-likeness (QED) is 0.807. The molecule has 19 heavy (non-hydrogen) atoms. The Morgan fingerprint density at radius 3 is 2.74 bits per heavy atom. The minimum atomic E-state index is -1.22. The van der Waals surface area contributed by atoms with Gasteiger partial charge < -0.3 is 14.8 Å². The number of hydrogen-bond acceptors (Lipinski definition) is 7. The molecule has 0 amide bonds. The Morgan fingerprint density at radius 2 is 2.26 bits per heavy atom. The number of carboxylic acid groups (broad SMARTS) is 1. The number of aryl methyl sites for hydroxylation is 1. The lowest BCUT2D eigenvalue weighted by molar-refractivity contribution is 0.0687. The summed E-state index contributed by atoms with van der Waals surface area (Å²) in [7, 11) is 0. The minimum absolute atomic E-state index is 0.124. The number of rotatable bonds is 5. The van der Waals surface area contributed by atoms with Gasteiger partial charge in [-0.3, -0.25) is 4.79 Å². The second-order valence-corrected chi connectivity index (χ2v) is 4.78. The van der Waals surface area contributed by atoms with Crippen LogP contribution in [0.2, 0.25) is 0 Å². The lowest BCUT2D eigenvalue weighted by atomic mass is 10.3. The highest BCUT2D eigenvalue weighted by Crippen LogP contribution is 2.24. The number of thiazole rings is 1. The van der Waals surface area contributed by atoms with E-state index < -0.39 is 5.97 Å². The Hall–Kier alpha value is -2.22. The fourth-order valence-electron chi connectivity index (χ4n) is 1.41. The number of oxazole rings is 1. The molecule has 0 aliphatic rings. The maximum Gasteiger partial charge on any atom is 0.356 e. The van der Waals surface area contributed by atoms with E-state index in [0.717, 1.165) is 11.3 Å². The average Bonchev–Trinajstić information content (AvgIpc) is 2.92. The molecule has 0 aliphatic heterocycles. The maximum absolute atomic E-state index is 11.3. The zero-order valence-corrected chi connectivity index (χ0v) is 11.1. The van der Waals surface area contributed by atoms with Crippen LogP contribution in [0.5, 0.6) is 0 Å². The highest BCUT2D eigenvalue weighted by Gasteiger charge is 2.20. The summed E-state index contributed by atoms with van der Waals surface area (Å²) in [6.07, 6.45) is 1.59. The summed E-state index contributed by atoms with van der Waals surface area (Å²) >= 11 is 1.000. The smallest absolute Gasteiger partial charge is 0.356 e. The van der Waals surface area contributed by atoms with Crippen molar-refractivity contribution in [2.24, 2.45) is 0 Å². The summed E-state index contributed by atoms with van der Waals surface area (Å²) in [4.78, 5) is 30.2. The van der Waals surface area contributed by atoms with Crippen molar-refractivity contribution in [1.29, 1.82) is 0 Å². The third kappa shape index (κ3) is 2.97. The average molecular weight is 281 g/mol. The maximum atomic E-state index is 11.3. The zero-order valence-electron chi connectivity index (χ0n) is 10.3. The van der Waals surface area contributed by atoms with Crippen molar-refractivity contribution in [1.82, 2.24) is 9.97 Å². The number of aromatic nitrogens is 2. The van der Waals surface area contributed by atoms with Crippen LogP contribution in [0, 0.1) is 6.92 Å². The number of carbonyl (C=O) groups excluding carboxylic acids is 1. The molecule has 2 N–H and O–H groups in total. The molecule has 8 heteroatoms. The molecular formula is C11H11N3O4S. The Bertz CT molecular complexity index is 600. The van der Waals surface area contributed by atoms with Gasteiger partial charge in [-0.2, -0.15) is 0 Å². The number of anilines is 1. The van der Waals surface area contributed by atoms with Crippen molar-refractivity contribution < 1.29 is 19.1 Å². The van der Waals surface area contributed by atoms with Gasteiger partial charge in [0, 0.05) is 6.92 Å². The van der Waals surface area contributed by atoms with Crippen molar-refractivity contribution in [3.8, 4) is 0 Å². The molecule has 100 valence electrons. The van der Waals surface area contributed by atoms with Crippen molar-refractivity contribution in [3.05, 3.63) is 28.4 Å². The molecular weight excluding hydrogens is 270 g/mol. The molecule has 7 nitrogen and oxygen atoms in total. The molecule has 0 fully saturated rings. The summed E-state index contributed by atoms with van der Waals surface area (Å²) < 4.78 is 5.26. The van der Waals surface area contributed by atoms with Crippen LogP contribution in [-0.4, -0.2) is 26.8 Å². The van der Waals surface area contributed by atoms with Gasteiger partial charge in [-0.05, 0) is 6.92 Å². The van der Waals surface area contributed by atoms with Crippen LogP contribution in [0.4, 0.5) is 5.13 Å². The molecule has 2 heterocycles. The molecule has 0 aromatic carbocycles. The Kier molecular flexibility index (Phi) is 3.61. The molecule has 2 aromatic rings. The number of hydrogen-bond donors (Lipinski definition) is 2. The summed E-state index contributed by atoms with van der Waals surface area (Å²) in [5, 5.41) is 12.2. The minimum Gasteiger partial charge on any atom is -0.476 e. The van der Waals surface area contributed by atoms with E-state index in [2.05, 4.69) is 15.3 Å². The van der Waals surface area contributed by atoms with Crippen LogP contribution in [0.1, 0.15) is 38.7 Å². The van der Waals surface area contributed by atoms with Gasteiger partial charge in [-0.25, -0.2) is 14.8 Å². The van der Waals surface area contributed by atoms with Crippen LogP contribution in [0.15, 0.2) is 10.6 Å². The Balaban J connectivity index is 2.15. The van der Waals surface area contributed by atoms with Crippen molar-refractivity contribution in [3.63, 3.8) is 0 Å². The standard InChI is InChI=1S/C11H11N3O4S/c1-5-3-12-7(18-5)4-13-11-14-8(10(16)17)9(19-11)6(2)15/h3H,4H2,1-2H3,(H,13,14)(H,16,17). The summed E-state index contributed by atoms with van der Waals surface area (Å²) in [5.41, 5.74) is -0.233. The highest BCUT2D eigenvalue weighted by atomic mass is 32.1. The summed E-state index contributed by atoms with van der Waals surface area (Å²) in [6, 6.07) is 0. The van der Waals surface area contributed by atoms with E-state index in [-0.39, 0.29) is 22.9 Å². The second-order valence-electron chi connectivity index (χ2n) is 3.78. The van der Waals surface area contributed by atoms with Gasteiger partial charge in [0.05, 0.1) is 12.7 Å². The van der Waals surface area contributed by atoms with Gasteiger partial charge in [0.15, 0.2) is 16.6 Å². The highest BCUT2D eigenvalue weighted by molar-refractivity contribution is 7.17. The molecule has 0 aliphatic carbocycles. The fraction of sp³-hybridized carbons (Fsp3) is 0.273. The molecule has 0 spiro atoms. The van der Waals surface area contributed by atoms with E-state index >= 15 is 0 Å². The Labute approximate surface area is 112 Å². The van der Waals surface area contributed by atoms with E-state index in [1.807, 2.05) is 0 Å². The monoisotopic (exact) mass is 281 g/mol. The zero-order chi connectivity index (χ0) is 14.0. The predicted molar refractivity (Wildman–Crippen MR) is 67.6 cm³/mol. The number of nitrogens with zero attached hydrogens (tertiary/aromatic N) is 2. The number of carbonyl (C=O) groups is 2. The van der Waals surface area contributed by atoms with Gasteiger partial charge in [-0.15, -0.1) is 0 Å². The van der Waals surface area contributed by atoms with Crippen LogP contribution >= 0.6 is 11.3 Å². The van der Waals surface area contributed by atoms with Crippen molar-refractivity contribution >= 4 is 28.2 Å². The van der Waals surface area contributed by atoms with Crippen LogP contribution < -0.4 is 5.32 Å². The van der Waals surface area contributed by atoms with Gasteiger partial charge in [0.25, 0.3) is 0 Å². The molecule has 0 atom stereocenters. The lowest BCUT2D eigenvalue weighted by Gasteiger charge is -1.96. The predicted octanol–water partition coefficient (Wildman–Crippen LogP) is 1.95. The first-order valence-electron chi connectivity index (χ1n) is 5.37. The third-order valence-electron chi connectivity index (χ3n) is 2.21. The molecule has 2 aromatic heterocycles. The summed E-state index contributed by atoms with van der Waals surface area (Å²) in [6.45, 7) is 3.36. The molecule has 0 saturated heterocycles. The van der Waals surface area contributed by atoms with Gasteiger partial charge in [-0.1, -0.05) is 11.3 Å². The van der Waals surface area contributed by atoms with Crippen molar-refractivity contribution in [2.75, 3.05) is 5.32 Å². The molecule has 0 bridgehead atoms. The van der Waals surface area contributed by atoms with E-state index in [1.165, 1.54) is 6.92 Å². The first-order chi connectivity index (χ1) is 8.97. The lowest BCUT2D eigenvalue weighted by Crippen LogP contribution is -2.04. The number of nitrogens with one attached hydrogen (secondary N) is 1. The topological polar surface area (TPSA) is 105 Å². The fourth-order valence-corrected chi connectivity index (χ4v) is 2.26. The Morgan fingerprint density at radius 1 is 1.53 bits per heavy atom. The summed E-state index contributed by atoms with van der Waals surface area (Å²) in [5.74, 6) is -0.392. The molecule has 0 saturated carbocycles. The largest absolute Gasteiger partial charge is 0.476 e. The number of ketones is 1. The SMILES string of the molecule is CC(=O)c1sc(NCc2ncc(C)o2)nc1C(=O)O. The van der Waals surface area contributed by atoms with E-state index in [0.29, 0.717) is 16.8 Å². The van der Waals surface area contributed by atoms with Gasteiger partial charge >= 0.3 is 5.97 Å². The van der Waals surface area contributed by atoms with Gasteiger partial charge in [0.2, 0.25) is 5.89 Å². The first kappa shape index (κ1) is 13.2. The molecule has 2 rings (SSSR count). The first-order valence-corrected chi connectivity index (χ1v) is 6.19. The van der Waals surface area contributed by atoms with Crippen LogP contribution in [0.25, 0.3) is 0 Å². The van der Waals surface area contributed by atoms with Gasteiger partial charge in [0.1, 0.15) is 10.6 Å². The molecule has 0 unspecified atom stereocenters. The number of Topliss-reactive ketones (excluding diaryl/α,β-unsaturated/α-hetero) is 1. The van der Waals surface area contributed by atoms with Crippen LogP contribution in [-0.2, 0) is 6.54 Å². The second kappa shape index (κ2) is 5.19. The number of aromatic carboxylic acids is 1. The molecule has 0 radical (unpaired) electrons. The number of carboxylic acids is 1. The van der Waals surface area contributed by atoms with Crippen molar-refractivity contribution in [2.45, 2.75) is 20.4 Å². The van der Waals surface area contributed by atoms with Crippen LogP contribution in [0.3, 0.4) is 0 Å². The normalized spacial score (nSPS) is 10.4. The van der Waals surface area contributed by atoms with E-state index in [9.17, 15) is 9.59 Å².